The van der Waals surface area contributed by atoms with Gasteiger partial charge >= 0.3 is 0 Å². The molecule has 9 heavy (non-hydrogen) atoms. The topological polar surface area (TPSA) is 63.4 Å². The first-order valence-corrected chi connectivity index (χ1v) is 3.06. The Morgan fingerprint density at radius 2 is 2.33 bits per heavy atom. The van der Waals surface area contributed by atoms with Crippen LogP contribution >= 0.6 is 11.6 Å². The van der Waals surface area contributed by atoms with Crippen LogP contribution in [0.5, 0.6) is 0 Å². The third-order valence-electron chi connectivity index (χ3n) is 0.823. The van der Waals surface area contributed by atoms with Gasteiger partial charge in [0.25, 0.3) is 0 Å². The predicted octanol–water partition coefficient (Wildman–Crippen LogP) is 0.253. The van der Waals surface area contributed by atoms with Crippen LogP contribution in [0.25, 0.3) is 0 Å². The second-order valence-corrected chi connectivity index (χ2v) is 1.96. The number of alkyl halides is 1. The lowest BCUT2D eigenvalue weighted by Gasteiger charge is -1.99. The van der Waals surface area contributed by atoms with E-state index in [2.05, 4.69) is 0 Å². The third kappa shape index (κ3) is 5.52. The largest absolute Gasteiger partial charge is 0.392 e. The van der Waals surface area contributed by atoms with Crippen molar-refractivity contribution in [3.8, 4) is 0 Å². The summed E-state index contributed by atoms with van der Waals surface area (Å²) < 4.78 is 0. The van der Waals surface area contributed by atoms with E-state index in [4.69, 9.17) is 16.7 Å². The number of nitrogens with zero attached hydrogens (tertiary/aromatic N) is 1. The lowest BCUT2D eigenvalue weighted by atomic mass is 10.3. The van der Waals surface area contributed by atoms with E-state index in [0.29, 0.717) is 0 Å². The van der Waals surface area contributed by atoms with Crippen LogP contribution in [0.15, 0.2) is 0 Å². The minimum absolute atomic E-state index is 0.0633. The summed E-state index contributed by atoms with van der Waals surface area (Å²) in [6, 6.07) is 0. The molecule has 0 aromatic heterocycles. The molecule has 5 heteroatoms. The summed E-state index contributed by atoms with van der Waals surface area (Å²) in [5.41, 5.74) is 0. The average Bonchev–Trinajstić information content (AvgIpc) is 1.83. The standard InChI is InChI=1S/C4H8ClNO3/c5-3-4(7)1-2-6(8)9/h4,7H,1-3H2/t4-/m1/s1. The highest BCUT2D eigenvalue weighted by atomic mass is 35.5. The number of aliphatic hydroxyl groups excluding tert-OH is 1. The minimum atomic E-state index is -0.739. The number of halogens is 1. The number of hydrogen-bond acceptors (Lipinski definition) is 3. The molecule has 0 aromatic carbocycles. The zero-order valence-corrected chi connectivity index (χ0v) is 5.54. The Hall–Kier alpha value is -0.350. The van der Waals surface area contributed by atoms with Crippen LogP contribution in [0.1, 0.15) is 6.42 Å². The van der Waals surface area contributed by atoms with Crippen molar-refractivity contribution in [1.29, 1.82) is 0 Å². The smallest absolute Gasteiger partial charge is 0.206 e. The molecule has 0 unspecified atom stereocenters. The number of rotatable bonds is 4. The van der Waals surface area contributed by atoms with Gasteiger partial charge in [-0.25, -0.2) is 0 Å². The van der Waals surface area contributed by atoms with E-state index >= 15 is 0 Å². The van der Waals surface area contributed by atoms with E-state index in [1.54, 1.807) is 0 Å². The molecule has 0 saturated heterocycles. The van der Waals surface area contributed by atoms with Crippen molar-refractivity contribution >= 4 is 11.6 Å². The van der Waals surface area contributed by atoms with Crippen molar-refractivity contribution in [1.82, 2.24) is 0 Å². The van der Waals surface area contributed by atoms with Gasteiger partial charge in [-0.05, 0) is 0 Å². The maximum Gasteiger partial charge on any atom is 0.206 e. The monoisotopic (exact) mass is 153 g/mol. The molecule has 0 rings (SSSR count). The normalized spacial score (nSPS) is 13.1. The highest BCUT2D eigenvalue weighted by molar-refractivity contribution is 6.18. The van der Waals surface area contributed by atoms with Gasteiger partial charge in [-0.2, -0.15) is 0 Å². The van der Waals surface area contributed by atoms with Crippen LogP contribution in [-0.2, 0) is 0 Å². The van der Waals surface area contributed by atoms with Crippen molar-refractivity contribution in [2.45, 2.75) is 12.5 Å². The molecular formula is C4H8ClNO3. The van der Waals surface area contributed by atoms with Crippen molar-refractivity contribution in [3.63, 3.8) is 0 Å². The van der Waals surface area contributed by atoms with Crippen LogP contribution in [0.3, 0.4) is 0 Å². The van der Waals surface area contributed by atoms with Crippen LogP contribution in [-0.4, -0.2) is 28.6 Å². The Bertz CT molecular complexity index is 97.8. The molecule has 0 aliphatic carbocycles. The Morgan fingerprint density at radius 3 is 2.67 bits per heavy atom. The van der Waals surface area contributed by atoms with E-state index in [0.717, 1.165) is 0 Å². The molecular weight excluding hydrogens is 146 g/mol. The summed E-state index contributed by atoms with van der Waals surface area (Å²) in [6.07, 6.45) is -0.603. The first kappa shape index (κ1) is 8.65. The number of aliphatic hydroxyl groups is 1. The summed E-state index contributed by atoms with van der Waals surface area (Å²) in [4.78, 5) is 9.19. The molecule has 54 valence electrons. The number of nitro groups is 1. The Kier molecular flexibility index (Phi) is 4.35. The van der Waals surface area contributed by atoms with Crippen LogP contribution < -0.4 is 0 Å². The van der Waals surface area contributed by atoms with Crippen molar-refractivity contribution < 1.29 is 10.0 Å². The van der Waals surface area contributed by atoms with Gasteiger partial charge in [0.1, 0.15) is 0 Å². The van der Waals surface area contributed by atoms with Gasteiger partial charge in [0.2, 0.25) is 6.54 Å². The molecule has 0 aliphatic heterocycles. The fourth-order valence-corrected chi connectivity index (χ4v) is 0.486. The zero-order chi connectivity index (χ0) is 7.28. The van der Waals surface area contributed by atoms with Crippen molar-refractivity contribution in [2.75, 3.05) is 12.4 Å². The van der Waals surface area contributed by atoms with E-state index in [9.17, 15) is 10.1 Å². The van der Waals surface area contributed by atoms with Crippen LogP contribution in [0, 0.1) is 10.1 Å². The van der Waals surface area contributed by atoms with Crippen LogP contribution in [0.4, 0.5) is 0 Å². The summed E-state index contributed by atoms with van der Waals surface area (Å²) in [5, 5.41) is 18.3. The Balaban J connectivity index is 3.16. The second kappa shape index (κ2) is 4.52. The molecule has 0 aliphatic rings. The molecule has 1 atom stereocenters. The second-order valence-electron chi connectivity index (χ2n) is 1.65. The molecule has 0 bridgehead atoms. The summed E-state index contributed by atoms with van der Waals surface area (Å²) in [6.45, 7) is -0.214. The summed E-state index contributed by atoms with van der Waals surface area (Å²) >= 11 is 5.16. The average molecular weight is 154 g/mol. The SMILES string of the molecule is O=[N+]([O-])CC[C@@H](O)CCl. The zero-order valence-electron chi connectivity index (χ0n) is 4.79. The lowest BCUT2D eigenvalue weighted by Crippen LogP contribution is -2.14. The van der Waals surface area contributed by atoms with Gasteiger partial charge in [0.05, 0.1) is 6.10 Å². The van der Waals surface area contributed by atoms with Gasteiger partial charge < -0.3 is 5.11 Å². The van der Waals surface area contributed by atoms with E-state index in [1.807, 2.05) is 0 Å². The van der Waals surface area contributed by atoms with Gasteiger partial charge in [0.15, 0.2) is 0 Å². The minimum Gasteiger partial charge on any atom is -0.392 e. The Labute approximate surface area is 57.6 Å². The Morgan fingerprint density at radius 1 is 1.78 bits per heavy atom. The fraction of sp³-hybridized carbons (Fsp3) is 1.00. The van der Waals surface area contributed by atoms with Gasteiger partial charge in [-0.15, -0.1) is 11.6 Å². The van der Waals surface area contributed by atoms with Gasteiger partial charge in [-0.3, -0.25) is 10.1 Å². The number of hydrogen-bond donors (Lipinski definition) is 1. The molecule has 4 nitrogen and oxygen atoms in total. The molecule has 0 saturated carbocycles. The maximum atomic E-state index is 9.67. The van der Waals surface area contributed by atoms with E-state index < -0.39 is 11.0 Å². The first-order chi connectivity index (χ1) is 4.16. The van der Waals surface area contributed by atoms with E-state index in [1.165, 1.54) is 0 Å². The molecule has 0 spiro atoms. The third-order valence-corrected chi connectivity index (χ3v) is 1.18. The quantitative estimate of drug-likeness (QED) is 0.358. The van der Waals surface area contributed by atoms with Crippen LogP contribution in [0.2, 0.25) is 0 Å². The van der Waals surface area contributed by atoms with Gasteiger partial charge in [-0.1, -0.05) is 0 Å². The summed E-state index contributed by atoms with van der Waals surface area (Å²) in [7, 11) is 0. The van der Waals surface area contributed by atoms with Crippen molar-refractivity contribution in [2.24, 2.45) is 0 Å². The molecule has 0 radical (unpaired) electrons. The fourth-order valence-electron chi connectivity index (χ4n) is 0.332. The molecule has 1 N–H and O–H groups in total. The molecule has 0 amide bonds. The van der Waals surface area contributed by atoms with Gasteiger partial charge in [0, 0.05) is 17.2 Å². The highest BCUT2D eigenvalue weighted by Gasteiger charge is 2.05. The lowest BCUT2D eigenvalue weighted by molar-refractivity contribution is -0.481. The van der Waals surface area contributed by atoms with E-state index in [-0.39, 0.29) is 18.8 Å². The highest BCUT2D eigenvalue weighted by Crippen LogP contribution is 1.93. The summed E-state index contributed by atoms with van der Waals surface area (Å²) in [5.74, 6) is 0.0633. The van der Waals surface area contributed by atoms with Crippen molar-refractivity contribution in [3.05, 3.63) is 10.1 Å². The molecule has 0 heterocycles. The molecule has 0 aromatic rings. The molecule has 0 fully saturated rings. The first-order valence-electron chi connectivity index (χ1n) is 2.52. The maximum absolute atomic E-state index is 9.67. The predicted molar refractivity (Wildman–Crippen MR) is 33.2 cm³/mol.